The van der Waals surface area contributed by atoms with Crippen molar-refractivity contribution < 1.29 is 0 Å². The SMILES string of the molecule is c1ccc(CN2CCN(c3cc4ccccc4s3)CC2)cc1. The Morgan fingerprint density at radius 1 is 0.818 bits per heavy atom. The highest BCUT2D eigenvalue weighted by molar-refractivity contribution is 7.22. The molecule has 4 rings (SSSR count). The van der Waals surface area contributed by atoms with Crippen LogP contribution in [0.1, 0.15) is 5.56 Å². The van der Waals surface area contributed by atoms with Crippen LogP contribution in [0.3, 0.4) is 0 Å². The van der Waals surface area contributed by atoms with E-state index in [1.54, 1.807) is 0 Å². The van der Waals surface area contributed by atoms with E-state index in [2.05, 4.69) is 70.5 Å². The second-order valence-corrected chi connectivity index (χ2v) is 6.93. The Bertz CT molecular complexity index is 709. The van der Waals surface area contributed by atoms with E-state index in [0.717, 1.165) is 32.7 Å². The highest BCUT2D eigenvalue weighted by Crippen LogP contribution is 2.32. The van der Waals surface area contributed by atoms with Crippen LogP contribution in [0, 0.1) is 0 Å². The summed E-state index contributed by atoms with van der Waals surface area (Å²) in [7, 11) is 0. The zero-order valence-corrected chi connectivity index (χ0v) is 13.4. The molecular formula is C19H20N2S. The molecule has 0 amide bonds. The lowest BCUT2D eigenvalue weighted by molar-refractivity contribution is 0.250. The van der Waals surface area contributed by atoms with E-state index in [1.807, 2.05) is 11.3 Å². The zero-order chi connectivity index (χ0) is 14.8. The maximum Gasteiger partial charge on any atom is 0.0921 e. The predicted octanol–water partition coefficient (Wildman–Crippen LogP) is 4.22. The summed E-state index contributed by atoms with van der Waals surface area (Å²) < 4.78 is 1.39. The van der Waals surface area contributed by atoms with Gasteiger partial charge in [0.25, 0.3) is 0 Å². The second kappa shape index (κ2) is 6.11. The molecule has 112 valence electrons. The topological polar surface area (TPSA) is 6.48 Å². The smallest absolute Gasteiger partial charge is 0.0921 e. The van der Waals surface area contributed by atoms with Gasteiger partial charge in [0.15, 0.2) is 0 Å². The summed E-state index contributed by atoms with van der Waals surface area (Å²) in [4.78, 5) is 5.09. The van der Waals surface area contributed by atoms with Crippen LogP contribution < -0.4 is 4.90 Å². The van der Waals surface area contributed by atoms with Crippen LogP contribution in [-0.2, 0) is 6.54 Å². The molecule has 1 aromatic heterocycles. The van der Waals surface area contributed by atoms with Crippen molar-refractivity contribution in [1.29, 1.82) is 0 Å². The molecule has 2 heterocycles. The first kappa shape index (κ1) is 13.8. The van der Waals surface area contributed by atoms with Crippen molar-refractivity contribution in [2.45, 2.75) is 6.54 Å². The molecule has 22 heavy (non-hydrogen) atoms. The summed E-state index contributed by atoms with van der Waals surface area (Å²) in [6.45, 7) is 5.60. The maximum absolute atomic E-state index is 2.55. The van der Waals surface area contributed by atoms with Gasteiger partial charge < -0.3 is 4.90 Å². The van der Waals surface area contributed by atoms with Gasteiger partial charge >= 0.3 is 0 Å². The number of nitrogens with zero attached hydrogens (tertiary/aromatic N) is 2. The minimum absolute atomic E-state index is 1.07. The van der Waals surface area contributed by atoms with Gasteiger partial charge in [-0.3, -0.25) is 4.90 Å². The number of piperazine rings is 1. The molecule has 0 radical (unpaired) electrons. The Morgan fingerprint density at radius 2 is 1.55 bits per heavy atom. The average molecular weight is 308 g/mol. The lowest BCUT2D eigenvalue weighted by atomic mass is 10.2. The van der Waals surface area contributed by atoms with E-state index in [0.29, 0.717) is 0 Å². The Kier molecular flexibility index (Phi) is 3.83. The van der Waals surface area contributed by atoms with Gasteiger partial charge in [0.05, 0.1) is 5.00 Å². The molecule has 0 unspecified atom stereocenters. The van der Waals surface area contributed by atoms with Gasteiger partial charge in [-0.25, -0.2) is 0 Å². The van der Waals surface area contributed by atoms with E-state index >= 15 is 0 Å². The van der Waals surface area contributed by atoms with Gasteiger partial charge in [-0.2, -0.15) is 0 Å². The Labute approximate surface area is 135 Å². The fourth-order valence-corrected chi connectivity index (χ4v) is 4.21. The summed E-state index contributed by atoms with van der Waals surface area (Å²) in [6.07, 6.45) is 0. The lowest BCUT2D eigenvalue weighted by Gasteiger charge is -2.35. The third kappa shape index (κ3) is 2.87. The first-order valence-corrected chi connectivity index (χ1v) is 8.70. The molecule has 1 fully saturated rings. The Morgan fingerprint density at radius 3 is 2.32 bits per heavy atom. The standard InChI is InChI=1S/C19H20N2S/c1-2-6-16(7-3-1)15-20-10-12-21(13-11-20)19-14-17-8-4-5-9-18(17)22-19/h1-9,14H,10-13,15H2. The van der Waals surface area contributed by atoms with Crippen LogP contribution in [0.2, 0.25) is 0 Å². The number of fused-ring (bicyclic) bond motifs is 1. The first-order chi connectivity index (χ1) is 10.9. The summed E-state index contributed by atoms with van der Waals surface area (Å²) in [5, 5.41) is 2.79. The van der Waals surface area contributed by atoms with E-state index < -0.39 is 0 Å². The molecule has 1 aliphatic heterocycles. The van der Waals surface area contributed by atoms with Crippen molar-refractivity contribution in [2.75, 3.05) is 31.1 Å². The van der Waals surface area contributed by atoms with Crippen molar-refractivity contribution in [3.05, 3.63) is 66.2 Å². The van der Waals surface area contributed by atoms with Gasteiger partial charge in [0, 0.05) is 37.4 Å². The van der Waals surface area contributed by atoms with Gasteiger partial charge in [-0.15, -0.1) is 11.3 Å². The van der Waals surface area contributed by atoms with E-state index in [9.17, 15) is 0 Å². The number of rotatable bonds is 3. The normalized spacial score (nSPS) is 16.3. The lowest BCUT2D eigenvalue weighted by Crippen LogP contribution is -2.45. The molecule has 0 atom stereocenters. The minimum atomic E-state index is 1.07. The molecule has 2 nitrogen and oxygen atoms in total. The molecule has 3 heteroatoms. The summed E-state index contributed by atoms with van der Waals surface area (Å²) in [6, 6.07) is 21.8. The van der Waals surface area contributed by atoms with Gasteiger partial charge in [-0.05, 0) is 23.1 Å². The van der Waals surface area contributed by atoms with Gasteiger partial charge in [0.1, 0.15) is 0 Å². The number of anilines is 1. The molecule has 1 saturated heterocycles. The van der Waals surface area contributed by atoms with Crippen molar-refractivity contribution in [1.82, 2.24) is 4.90 Å². The molecule has 2 aromatic carbocycles. The van der Waals surface area contributed by atoms with Crippen molar-refractivity contribution in [3.63, 3.8) is 0 Å². The Hall–Kier alpha value is -1.84. The quantitative estimate of drug-likeness (QED) is 0.714. The fourth-order valence-electron chi connectivity index (χ4n) is 3.09. The van der Waals surface area contributed by atoms with Crippen LogP contribution in [0.25, 0.3) is 10.1 Å². The molecule has 0 saturated carbocycles. The van der Waals surface area contributed by atoms with Crippen LogP contribution >= 0.6 is 11.3 Å². The van der Waals surface area contributed by atoms with Crippen LogP contribution in [-0.4, -0.2) is 31.1 Å². The third-order valence-corrected chi connectivity index (χ3v) is 5.52. The third-order valence-electron chi connectivity index (χ3n) is 4.35. The van der Waals surface area contributed by atoms with Crippen molar-refractivity contribution in [3.8, 4) is 0 Å². The summed E-state index contributed by atoms with van der Waals surface area (Å²) in [5.41, 5.74) is 1.41. The number of hydrogen-bond acceptors (Lipinski definition) is 3. The Balaban J connectivity index is 1.41. The van der Waals surface area contributed by atoms with Crippen molar-refractivity contribution >= 4 is 26.4 Å². The largest absolute Gasteiger partial charge is 0.361 e. The zero-order valence-electron chi connectivity index (χ0n) is 12.6. The van der Waals surface area contributed by atoms with Crippen LogP contribution in [0.5, 0.6) is 0 Å². The highest BCUT2D eigenvalue weighted by atomic mass is 32.1. The number of thiophene rings is 1. The fraction of sp³-hybridized carbons (Fsp3) is 0.263. The molecule has 0 spiro atoms. The number of benzene rings is 2. The van der Waals surface area contributed by atoms with Crippen molar-refractivity contribution in [2.24, 2.45) is 0 Å². The number of hydrogen-bond donors (Lipinski definition) is 0. The maximum atomic E-state index is 2.55. The van der Waals surface area contributed by atoms with Gasteiger partial charge in [-0.1, -0.05) is 48.5 Å². The minimum Gasteiger partial charge on any atom is -0.361 e. The van der Waals surface area contributed by atoms with Gasteiger partial charge in [0.2, 0.25) is 0 Å². The molecule has 3 aromatic rings. The molecule has 0 bridgehead atoms. The predicted molar refractivity (Wildman–Crippen MR) is 95.8 cm³/mol. The van der Waals surface area contributed by atoms with Crippen LogP contribution in [0.15, 0.2) is 60.7 Å². The van der Waals surface area contributed by atoms with Crippen LogP contribution in [0.4, 0.5) is 5.00 Å². The summed E-state index contributed by atoms with van der Waals surface area (Å²) in [5.74, 6) is 0. The van der Waals surface area contributed by atoms with E-state index in [-0.39, 0.29) is 0 Å². The second-order valence-electron chi connectivity index (χ2n) is 5.87. The molecular weight excluding hydrogens is 288 g/mol. The molecule has 0 aliphatic carbocycles. The molecule has 0 N–H and O–H groups in total. The summed E-state index contributed by atoms with van der Waals surface area (Å²) >= 11 is 1.92. The average Bonchev–Trinajstić information content (AvgIpc) is 3.00. The monoisotopic (exact) mass is 308 g/mol. The van der Waals surface area contributed by atoms with E-state index in [4.69, 9.17) is 0 Å². The van der Waals surface area contributed by atoms with E-state index in [1.165, 1.54) is 20.7 Å². The first-order valence-electron chi connectivity index (χ1n) is 7.88. The molecule has 1 aliphatic rings. The highest BCUT2D eigenvalue weighted by Gasteiger charge is 2.18.